The molecule has 0 aromatic heterocycles. The zero-order valence-corrected chi connectivity index (χ0v) is 13.3. The molecule has 5 atom stereocenters. The Morgan fingerprint density at radius 2 is 2.04 bits per heavy atom. The summed E-state index contributed by atoms with van der Waals surface area (Å²) >= 11 is 0. The molecule has 1 aromatic rings. The Morgan fingerprint density at radius 3 is 2.72 bits per heavy atom. The molecule has 1 fully saturated rings. The number of aliphatic hydroxyl groups is 4. The zero-order chi connectivity index (χ0) is 18.1. The molecular formula is C18H19NO6. The third-order valence-electron chi connectivity index (χ3n) is 4.45. The lowest BCUT2D eigenvalue weighted by Gasteiger charge is -2.40. The van der Waals surface area contributed by atoms with Crippen LogP contribution in [0.1, 0.15) is 11.1 Å². The molecule has 1 aliphatic heterocycles. The van der Waals surface area contributed by atoms with Gasteiger partial charge in [-0.3, -0.25) is 4.79 Å². The van der Waals surface area contributed by atoms with Crippen LogP contribution in [0.25, 0.3) is 5.57 Å². The number of ketones is 1. The van der Waals surface area contributed by atoms with Crippen molar-refractivity contribution in [3.63, 3.8) is 0 Å². The Bertz CT molecular complexity index is 752. The number of allylic oxidation sites excluding steroid dienone is 2. The van der Waals surface area contributed by atoms with E-state index < -0.39 is 37.3 Å². The molecule has 0 amide bonds. The maximum absolute atomic E-state index is 11.8. The highest BCUT2D eigenvalue weighted by molar-refractivity contribution is 6.05. The van der Waals surface area contributed by atoms with Crippen LogP contribution < -0.4 is 5.32 Å². The number of hydrogen-bond acceptors (Lipinski definition) is 7. The summed E-state index contributed by atoms with van der Waals surface area (Å²) in [6, 6.07) is 4.16. The van der Waals surface area contributed by atoms with E-state index in [-0.39, 0.29) is 12.2 Å². The van der Waals surface area contributed by atoms with Crippen LogP contribution in [0.5, 0.6) is 0 Å². The number of benzene rings is 1. The minimum absolute atomic E-state index is 0.0973. The van der Waals surface area contributed by atoms with E-state index in [0.29, 0.717) is 11.3 Å². The molecule has 1 heterocycles. The maximum Gasteiger partial charge on any atom is 0.178 e. The topological polar surface area (TPSA) is 119 Å². The van der Waals surface area contributed by atoms with Crippen LogP contribution in [0.3, 0.4) is 0 Å². The number of fused-ring (bicyclic) bond motifs is 1. The van der Waals surface area contributed by atoms with Gasteiger partial charge in [0.15, 0.2) is 12.1 Å². The maximum atomic E-state index is 11.8. The van der Waals surface area contributed by atoms with Gasteiger partial charge in [0.1, 0.15) is 24.4 Å². The van der Waals surface area contributed by atoms with Crippen LogP contribution >= 0.6 is 0 Å². The van der Waals surface area contributed by atoms with Gasteiger partial charge in [0, 0.05) is 17.7 Å². The second-order valence-corrected chi connectivity index (χ2v) is 6.12. The van der Waals surface area contributed by atoms with Gasteiger partial charge < -0.3 is 30.5 Å². The molecule has 5 N–H and O–H groups in total. The van der Waals surface area contributed by atoms with Gasteiger partial charge in [-0.1, -0.05) is 12.0 Å². The van der Waals surface area contributed by atoms with E-state index in [1.165, 1.54) is 6.08 Å². The fourth-order valence-corrected chi connectivity index (χ4v) is 3.13. The molecule has 0 saturated carbocycles. The molecule has 2 aliphatic rings. The van der Waals surface area contributed by atoms with Crippen molar-refractivity contribution in [1.82, 2.24) is 0 Å². The molecule has 0 bridgehead atoms. The van der Waals surface area contributed by atoms with Crippen LogP contribution in [0.4, 0.5) is 5.69 Å². The third kappa shape index (κ3) is 3.31. The molecular weight excluding hydrogens is 326 g/mol. The van der Waals surface area contributed by atoms with E-state index in [0.717, 1.165) is 11.1 Å². The summed E-state index contributed by atoms with van der Waals surface area (Å²) < 4.78 is 5.11. The summed E-state index contributed by atoms with van der Waals surface area (Å²) in [4.78, 5) is 11.8. The van der Waals surface area contributed by atoms with Gasteiger partial charge in [-0.2, -0.15) is 0 Å². The normalized spacial score (nSPS) is 31.7. The summed E-state index contributed by atoms with van der Waals surface area (Å²) in [5.74, 6) is 2.39. The number of aliphatic hydroxyl groups excluding tert-OH is 4. The van der Waals surface area contributed by atoms with Crippen molar-refractivity contribution in [3.05, 3.63) is 35.4 Å². The van der Waals surface area contributed by atoms with E-state index in [2.05, 4.69) is 11.2 Å². The average molecular weight is 345 g/mol. The third-order valence-corrected chi connectivity index (χ3v) is 4.45. The van der Waals surface area contributed by atoms with E-state index in [1.54, 1.807) is 18.2 Å². The Hall–Kier alpha value is -2.21. The van der Waals surface area contributed by atoms with Crippen LogP contribution in [0.2, 0.25) is 0 Å². The number of terminal acetylenes is 1. The van der Waals surface area contributed by atoms with Crippen LogP contribution in [0.15, 0.2) is 24.3 Å². The second kappa shape index (κ2) is 6.96. The lowest BCUT2D eigenvalue weighted by atomic mass is 9.90. The molecule has 2 unspecified atom stereocenters. The summed E-state index contributed by atoms with van der Waals surface area (Å²) in [6.45, 7) is -0.524. The second-order valence-electron chi connectivity index (χ2n) is 6.12. The van der Waals surface area contributed by atoms with Crippen molar-refractivity contribution in [2.75, 3.05) is 11.9 Å². The van der Waals surface area contributed by atoms with Crippen molar-refractivity contribution >= 4 is 17.0 Å². The number of carbonyl (C=O) groups is 1. The zero-order valence-electron chi connectivity index (χ0n) is 13.3. The fourth-order valence-electron chi connectivity index (χ4n) is 3.13. The predicted molar refractivity (Wildman–Crippen MR) is 89.4 cm³/mol. The van der Waals surface area contributed by atoms with E-state index in [1.807, 2.05) is 0 Å². The number of ether oxygens (including phenoxy) is 1. The van der Waals surface area contributed by atoms with Gasteiger partial charge in [0.2, 0.25) is 0 Å². The average Bonchev–Trinajstić information content (AvgIpc) is 2.60. The van der Waals surface area contributed by atoms with Crippen LogP contribution in [0, 0.1) is 12.3 Å². The Kier molecular flexibility index (Phi) is 4.90. The van der Waals surface area contributed by atoms with Gasteiger partial charge >= 0.3 is 0 Å². The highest BCUT2D eigenvalue weighted by Gasteiger charge is 2.43. The summed E-state index contributed by atoms with van der Waals surface area (Å²) in [6.07, 6.45) is 1.89. The monoisotopic (exact) mass is 345 g/mol. The van der Waals surface area contributed by atoms with Crippen molar-refractivity contribution in [1.29, 1.82) is 0 Å². The van der Waals surface area contributed by atoms with Gasteiger partial charge in [-0.05, 0) is 29.3 Å². The Balaban J connectivity index is 1.83. The molecule has 1 saturated heterocycles. The minimum Gasteiger partial charge on any atom is -0.394 e. The number of rotatable bonds is 3. The molecule has 1 aromatic carbocycles. The number of carbonyl (C=O) groups excluding carboxylic acids is 1. The van der Waals surface area contributed by atoms with Crippen LogP contribution in [-0.4, -0.2) is 63.5 Å². The van der Waals surface area contributed by atoms with Gasteiger partial charge in [-0.25, -0.2) is 0 Å². The molecule has 132 valence electrons. The first kappa shape index (κ1) is 17.6. The quantitative estimate of drug-likeness (QED) is 0.448. The minimum atomic E-state index is -1.42. The van der Waals surface area contributed by atoms with Gasteiger partial charge in [0.25, 0.3) is 0 Å². The fraction of sp³-hybridized carbons (Fsp3) is 0.389. The molecule has 7 nitrogen and oxygen atoms in total. The van der Waals surface area contributed by atoms with Crippen LogP contribution in [-0.2, 0) is 16.0 Å². The molecule has 0 radical (unpaired) electrons. The first-order valence-electron chi connectivity index (χ1n) is 7.86. The largest absolute Gasteiger partial charge is 0.394 e. The van der Waals surface area contributed by atoms with Crippen molar-refractivity contribution in [2.45, 2.75) is 37.1 Å². The molecule has 1 aliphatic carbocycles. The summed E-state index contributed by atoms with van der Waals surface area (Å²) in [5, 5.41) is 42.1. The number of hydrogen-bond donors (Lipinski definition) is 5. The lowest BCUT2D eigenvalue weighted by Crippen LogP contribution is -2.61. The molecule has 3 rings (SSSR count). The molecule has 0 spiro atoms. The van der Waals surface area contributed by atoms with Crippen molar-refractivity contribution in [2.24, 2.45) is 0 Å². The van der Waals surface area contributed by atoms with Gasteiger partial charge in [0.05, 0.1) is 6.61 Å². The van der Waals surface area contributed by atoms with E-state index in [9.17, 15) is 20.1 Å². The lowest BCUT2D eigenvalue weighted by molar-refractivity contribution is -0.245. The Morgan fingerprint density at radius 1 is 1.28 bits per heavy atom. The van der Waals surface area contributed by atoms with Crippen molar-refractivity contribution < 1.29 is 30.0 Å². The standard InChI is InChI=1S/C18H19NO6/c1-2-9-6-12(21)7-10-5-11(3-4-13(9)10)19-15-17(23)16(22)14(8-20)25-18(15)24/h1,3-6,14-20,22-24H,7-8H2/t14?,15?,16-,17-,18-/m0/s1. The van der Waals surface area contributed by atoms with E-state index in [4.69, 9.17) is 16.3 Å². The number of anilines is 1. The smallest absolute Gasteiger partial charge is 0.178 e. The Labute approximate surface area is 144 Å². The van der Waals surface area contributed by atoms with Gasteiger partial charge in [-0.15, -0.1) is 6.42 Å². The van der Waals surface area contributed by atoms with E-state index >= 15 is 0 Å². The van der Waals surface area contributed by atoms with Crippen molar-refractivity contribution in [3.8, 4) is 12.3 Å². The summed E-state index contributed by atoms with van der Waals surface area (Å²) in [5.41, 5.74) is 2.57. The first-order valence-corrected chi connectivity index (χ1v) is 7.86. The number of nitrogens with one attached hydrogen (secondary N) is 1. The predicted octanol–water partition coefficient (Wildman–Crippen LogP) is -0.960. The summed E-state index contributed by atoms with van der Waals surface area (Å²) in [7, 11) is 0. The highest BCUT2D eigenvalue weighted by atomic mass is 16.6. The molecule has 25 heavy (non-hydrogen) atoms. The highest BCUT2D eigenvalue weighted by Crippen LogP contribution is 2.29. The SMILES string of the molecule is C#CC1=CC(=O)Cc2cc(NC3[C@@H](O)OC(CO)[C@H](O)[C@H]3O)ccc21. The molecule has 7 heteroatoms. The first-order chi connectivity index (χ1) is 11.9.